The highest BCUT2D eigenvalue weighted by molar-refractivity contribution is 6.11. The molecule has 1 aliphatic carbocycles. The van der Waals surface area contributed by atoms with Crippen LogP contribution in [-0.2, 0) is 9.59 Å². The van der Waals surface area contributed by atoms with Crippen LogP contribution < -0.4 is 0 Å². The van der Waals surface area contributed by atoms with Crippen molar-refractivity contribution in [3.63, 3.8) is 0 Å². The van der Waals surface area contributed by atoms with Crippen LogP contribution in [0.1, 0.15) is 36.3 Å². The Morgan fingerprint density at radius 3 is 2.83 bits per heavy atom. The standard InChI is InChI=1S/C19H13NO3/c20-9-11-1-4-14-12(7-11)2-6-18-19(14)16(10-23-18)15-5-3-13(21)8-17(15)22/h1-2,4,6-7,10,15H,3,5,8H2. The molecule has 0 saturated heterocycles. The minimum Gasteiger partial charge on any atom is -0.464 e. The smallest absolute Gasteiger partial charge is 0.147 e. The fraction of sp³-hybridized carbons (Fsp3) is 0.211. The van der Waals surface area contributed by atoms with E-state index in [1.54, 1.807) is 12.3 Å². The second-order valence-electron chi connectivity index (χ2n) is 5.95. The predicted molar refractivity (Wildman–Crippen MR) is 85.0 cm³/mol. The number of carbonyl (C=O) groups is 2. The zero-order chi connectivity index (χ0) is 16.0. The van der Waals surface area contributed by atoms with Gasteiger partial charge in [0.2, 0.25) is 0 Å². The van der Waals surface area contributed by atoms with Crippen molar-refractivity contribution in [1.29, 1.82) is 5.26 Å². The second kappa shape index (κ2) is 5.06. The van der Waals surface area contributed by atoms with Crippen LogP contribution >= 0.6 is 0 Å². The minimum atomic E-state index is -0.282. The van der Waals surface area contributed by atoms with E-state index in [4.69, 9.17) is 9.68 Å². The van der Waals surface area contributed by atoms with E-state index in [0.29, 0.717) is 18.4 Å². The topological polar surface area (TPSA) is 71.1 Å². The number of hydrogen-bond acceptors (Lipinski definition) is 4. The quantitative estimate of drug-likeness (QED) is 0.640. The Kier molecular flexibility index (Phi) is 3.02. The van der Waals surface area contributed by atoms with Crippen molar-refractivity contribution in [2.75, 3.05) is 0 Å². The maximum atomic E-state index is 12.3. The van der Waals surface area contributed by atoms with Crippen molar-refractivity contribution in [3.8, 4) is 6.07 Å². The molecule has 1 atom stereocenters. The molecule has 2 aromatic carbocycles. The molecular weight excluding hydrogens is 290 g/mol. The summed E-state index contributed by atoms with van der Waals surface area (Å²) in [6, 6.07) is 11.4. The molecule has 1 fully saturated rings. The summed E-state index contributed by atoms with van der Waals surface area (Å²) in [7, 11) is 0. The lowest BCUT2D eigenvalue weighted by Gasteiger charge is -2.19. The normalized spacial score (nSPS) is 18.5. The molecule has 0 aliphatic heterocycles. The van der Waals surface area contributed by atoms with E-state index in [2.05, 4.69) is 6.07 Å². The van der Waals surface area contributed by atoms with Crippen LogP contribution in [0.25, 0.3) is 21.7 Å². The van der Waals surface area contributed by atoms with Crippen LogP contribution in [-0.4, -0.2) is 11.6 Å². The van der Waals surface area contributed by atoms with Crippen LogP contribution in [0.5, 0.6) is 0 Å². The van der Waals surface area contributed by atoms with Gasteiger partial charge in [-0.2, -0.15) is 5.26 Å². The summed E-state index contributed by atoms with van der Waals surface area (Å²) in [5, 5.41) is 11.9. The van der Waals surface area contributed by atoms with Gasteiger partial charge in [-0.05, 0) is 35.4 Å². The number of hydrogen-bond donors (Lipinski definition) is 0. The number of ketones is 2. The summed E-state index contributed by atoms with van der Waals surface area (Å²) in [5.74, 6) is -0.299. The van der Waals surface area contributed by atoms with Gasteiger partial charge in [0.05, 0.1) is 24.3 Å². The highest BCUT2D eigenvalue weighted by Gasteiger charge is 2.31. The number of furan rings is 1. The van der Waals surface area contributed by atoms with Crippen LogP contribution in [0.15, 0.2) is 41.0 Å². The first kappa shape index (κ1) is 13.7. The monoisotopic (exact) mass is 303 g/mol. The predicted octanol–water partition coefficient (Wildman–Crippen LogP) is 3.86. The minimum absolute atomic E-state index is 0.0146. The highest BCUT2D eigenvalue weighted by Crippen LogP contribution is 2.38. The maximum Gasteiger partial charge on any atom is 0.147 e. The molecule has 0 amide bonds. The van der Waals surface area contributed by atoms with Gasteiger partial charge in [0.25, 0.3) is 0 Å². The van der Waals surface area contributed by atoms with Crippen LogP contribution in [0.3, 0.4) is 0 Å². The van der Waals surface area contributed by atoms with E-state index in [1.165, 1.54) is 0 Å². The van der Waals surface area contributed by atoms with E-state index in [-0.39, 0.29) is 23.9 Å². The zero-order valence-electron chi connectivity index (χ0n) is 12.3. The third kappa shape index (κ3) is 2.13. The average molecular weight is 303 g/mol. The number of rotatable bonds is 1. The molecule has 4 nitrogen and oxygen atoms in total. The molecule has 0 bridgehead atoms. The molecule has 0 radical (unpaired) electrons. The van der Waals surface area contributed by atoms with Gasteiger partial charge in [-0.1, -0.05) is 12.1 Å². The van der Waals surface area contributed by atoms with E-state index >= 15 is 0 Å². The SMILES string of the molecule is N#Cc1ccc2c(ccc3occ(C4CCC(=O)CC4=O)c32)c1. The lowest BCUT2D eigenvalue weighted by molar-refractivity contribution is -0.130. The van der Waals surface area contributed by atoms with Gasteiger partial charge in [-0.15, -0.1) is 0 Å². The number of fused-ring (bicyclic) bond motifs is 3. The van der Waals surface area contributed by atoms with Crippen molar-refractivity contribution in [3.05, 3.63) is 47.7 Å². The molecule has 1 aliphatic rings. The van der Waals surface area contributed by atoms with Crippen molar-refractivity contribution < 1.29 is 14.0 Å². The molecule has 0 N–H and O–H groups in total. The lowest BCUT2D eigenvalue weighted by Crippen LogP contribution is -2.22. The molecule has 112 valence electrons. The molecule has 1 saturated carbocycles. The van der Waals surface area contributed by atoms with Crippen molar-refractivity contribution in [2.45, 2.75) is 25.2 Å². The summed E-state index contributed by atoms with van der Waals surface area (Å²) in [6.45, 7) is 0. The Morgan fingerprint density at radius 2 is 2.04 bits per heavy atom. The number of benzene rings is 2. The van der Waals surface area contributed by atoms with Crippen molar-refractivity contribution in [2.24, 2.45) is 0 Å². The molecule has 3 aromatic rings. The molecule has 0 spiro atoms. The van der Waals surface area contributed by atoms with Gasteiger partial charge in [0, 0.05) is 23.3 Å². The van der Waals surface area contributed by atoms with Gasteiger partial charge in [-0.3, -0.25) is 9.59 Å². The van der Waals surface area contributed by atoms with E-state index in [1.807, 2.05) is 24.3 Å². The average Bonchev–Trinajstić information content (AvgIpc) is 2.98. The summed E-state index contributed by atoms with van der Waals surface area (Å²) in [5.41, 5.74) is 2.18. The zero-order valence-corrected chi connectivity index (χ0v) is 12.3. The Bertz CT molecular complexity index is 1010. The third-order valence-electron chi connectivity index (χ3n) is 4.56. The first-order valence-corrected chi connectivity index (χ1v) is 7.56. The number of nitriles is 1. The second-order valence-corrected chi connectivity index (χ2v) is 5.95. The molecule has 1 heterocycles. The van der Waals surface area contributed by atoms with Gasteiger partial charge >= 0.3 is 0 Å². The summed E-state index contributed by atoms with van der Waals surface area (Å²) in [4.78, 5) is 23.7. The Morgan fingerprint density at radius 1 is 1.17 bits per heavy atom. The van der Waals surface area contributed by atoms with Crippen molar-refractivity contribution >= 4 is 33.3 Å². The van der Waals surface area contributed by atoms with E-state index in [0.717, 1.165) is 27.3 Å². The number of nitrogens with zero attached hydrogens (tertiary/aromatic N) is 1. The summed E-state index contributed by atoms with van der Waals surface area (Å²) < 4.78 is 5.64. The number of Topliss-reactive ketones (excluding diaryl/α,β-unsaturated/α-hetero) is 2. The first-order chi connectivity index (χ1) is 11.2. The van der Waals surface area contributed by atoms with Crippen LogP contribution in [0.4, 0.5) is 0 Å². The first-order valence-electron chi connectivity index (χ1n) is 7.56. The van der Waals surface area contributed by atoms with Gasteiger partial charge in [0.15, 0.2) is 0 Å². The lowest BCUT2D eigenvalue weighted by atomic mass is 9.81. The molecule has 1 aromatic heterocycles. The molecule has 23 heavy (non-hydrogen) atoms. The fourth-order valence-corrected chi connectivity index (χ4v) is 3.42. The Balaban J connectivity index is 1.94. The Hall–Kier alpha value is -2.93. The maximum absolute atomic E-state index is 12.3. The van der Waals surface area contributed by atoms with Gasteiger partial charge < -0.3 is 4.42 Å². The summed E-state index contributed by atoms with van der Waals surface area (Å²) in [6.07, 6.45) is 2.63. The third-order valence-corrected chi connectivity index (χ3v) is 4.56. The van der Waals surface area contributed by atoms with Crippen LogP contribution in [0.2, 0.25) is 0 Å². The summed E-state index contributed by atoms with van der Waals surface area (Å²) >= 11 is 0. The van der Waals surface area contributed by atoms with Crippen molar-refractivity contribution in [1.82, 2.24) is 0 Å². The highest BCUT2D eigenvalue weighted by atomic mass is 16.3. The van der Waals surface area contributed by atoms with Gasteiger partial charge in [0.1, 0.15) is 17.1 Å². The number of carbonyl (C=O) groups excluding carboxylic acids is 2. The molecule has 1 unspecified atom stereocenters. The fourth-order valence-electron chi connectivity index (χ4n) is 3.42. The molecular formula is C19H13NO3. The molecule has 4 heteroatoms. The van der Waals surface area contributed by atoms with Crippen LogP contribution in [0, 0.1) is 11.3 Å². The molecule has 4 rings (SSSR count). The van der Waals surface area contributed by atoms with E-state index < -0.39 is 0 Å². The van der Waals surface area contributed by atoms with Gasteiger partial charge in [-0.25, -0.2) is 0 Å². The Labute approximate surface area is 132 Å². The van der Waals surface area contributed by atoms with E-state index in [9.17, 15) is 9.59 Å². The largest absolute Gasteiger partial charge is 0.464 e.